The summed E-state index contributed by atoms with van der Waals surface area (Å²) in [6, 6.07) is 7.89. The number of aromatic nitrogens is 2. The molecule has 25 heavy (non-hydrogen) atoms. The average Bonchev–Trinajstić information content (AvgIpc) is 3.19. The van der Waals surface area contributed by atoms with Gasteiger partial charge in [-0.1, -0.05) is 18.2 Å². The van der Waals surface area contributed by atoms with Crippen molar-refractivity contribution >= 4 is 16.8 Å². The number of hydrogen-bond acceptors (Lipinski definition) is 3. The van der Waals surface area contributed by atoms with Crippen LogP contribution < -0.4 is 0 Å². The first kappa shape index (κ1) is 15.4. The van der Waals surface area contributed by atoms with Gasteiger partial charge in [0.2, 0.25) is 0 Å². The largest absolute Gasteiger partial charge is 0.337 e. The monoisotopic (exact) mass is 338 g/mol. The Morgan fingerprint density at radius 3 is 2.96 bits per heavy atom. The Morgan fingerprint density at radius 1 is 1.20 bits per heavy atom. The van der Waals surface area contributed by atoms with Gasteiger partial charge in [0.25, 0.3) is 5.91 Å². The first-order valence-corrected chi connectivity index (χ1v) is 9.67. The number of carbonyl (C=O) groups excluding carboxylic acids is 1. The standard InChI is InChI=1S/C20H26N4O/c25-19(18-16-4-1-2-5-17(16)21-22-18)24-11-9-20(14-24)8-3-10-23(13-20)12-15-6-7-15/h1-2,4-5,15H,3,6-14H2,(H,21,22)/t20-/m0/s1. The van der Waals surface area contributed by atoms with Gasteiger partial charge >= 0.3 is 0 Å². The topological polar surface area (TPSA) is 52.2 Å². The zero-order valence-corrected chi connectivity index (χ0v) is 14.7. The van der Waals surface area contributed by atoms with E-state index in [0.717, 1.165) is 36.3 Å². The van der Waals surface area contributed by atoms with Gasteiger partial charge in [-0.25, -0.2) is 0 Å². The summed E-state index contributed by atoms with van der Waals surface area (Å²) in [7, 11) is 0. The van der Waals surface area contributed by atoms with Crippen LogP contribution >= 0.6 is 0 Å². The van der Waals surface area contributed by atoms with Gasteiger partial charge in [-0.2, -0.15) is 5.10 Å². The Kier molecular flexibility index (Phi) is 3.59. The van der Waals surface area contributed by atoms with Crippen LogP contribution in [0, 0.1) is 11.3 Å². The maximum absolute atomic E-state index is 13.0. The Bertz CT molecular complexity index is 796. The number of nitrogens with zero attached hydrogens (tertiary/aromatic N) is 3. The number of para-hydroxylation sites is 1. The molecular formula is C20H26N4O. The number of H-pyrrole nitrogens is 1. The highest BCUT2D eigenvalue weighted by molar-refractivity contribution is 6.04. The molecule has 1 spiro atoms. The minimum absolute atomic E-state index is 0.0913. The number of rotatable bonds is 3. The lowest BCUT2D eigenvalue weighted by atomic mass is 9.79. The second kappa shape index (κ2) is 5.84. The van der Waals surface area contributed by atoms with Crippen LogP contribution in [0.2, 0.25) is 0 Å². The van der Waals surface area contributed by atoms with Crippen LogP contribution in [-0.2, 0) is 0 Å². The first-order chi connectivity index (χ1) is 12.2. The fourth-order valence-electron chi connectivity index (χ4n) is 4.85. The van der Waals surface area contributed by atoms with E-state index in [4.69, 9.17) is 0 Å². The van der Waals surface area contributed by atoms with Crippen molar-refractivity contribution in [1.82, 2.24) is 20.0 Å². The second-order valence-electron chi connectivity index (χ2n) is 8.38. The number of likely N-dealkylation sites (tertiary alicyclic amines) is 2. The Morgan fingerprint density at radius 2 is 2.08 bits per heavy atom. The van der Waals surface area contributed by atoms with Gasteiger partial charge in [-0.05, 0) is 50.6 Å². The van der Waals surface area contributed by atoms with Gasteiger partial charge in [0, 0.05) is 37.0 Å². The van der Waals surface area contributed by atoms with Crippen LogP contribution in [0.3, 0.4) is 0 Å². The van der Waals surface area contributed by atoms with E-state index < -0.39 is 0 Å². The quantitative estimate of drug-likeness (QED) is 0.936. The maximum atomic E-state index is 13.0. The van der Waals surface area contributed by atoms with Crippen molar-refractivity contribution in [2.45, 2.75) is 32.1 Å². The van der Waals surface area contributed by atoms with Crippen LogP contribution in [0.4, 0.5) is 0 Å². The molecule has 2 saturated heterocycles. The molecule has 5 heteroatoms. The molecule has 132 valence electrons. The van der Waals surface area contributed by atoms with Crippen LogP contribution in [0.15, 0.2) is 24.3 Å². The number of fused-ring (bicyclic) bond motifs is 1. The zero-order chi connectivity index (χ0) is 16.9. The van der Waals surface area contributed by atoms with Crippen molar-refractivity contribution in [2.75, 3.05) is 32.7 Å². The van der Waals surface area contributed by atoms with Crippen LogP contribution in [-0.4, -0.2) is 58.6 Å². The first-order valence-electron chi connectivity index (χ1n) is 9.67. The normalized spacial score (nSPS) is 27.4. The minimum atomic E-state index is 0.0913. The van der Waals surface area contributed by atoms with Gasteiger partial charge in [-0.3, -0.25) is 9.89 Å². The lowest BCUT2D eigenvalue weighted by Crippen LogP contribution is -2.46. The van der Waals surface area contributed by atoms with Crippen LogP contribution in [0.25, 0.3) is 10.9 Å². The highest BCUT2D eigenvalue weighted by Crippen LogP contribution is 2.41. The molecule has 0 radical (unpaired) electrons. The van der Waals surface area contributed by atoms with E-state index in [1.54, 1.807) is 0 Å². The molecule has 1 saturated carbocycles. The third-order valence-electron chi connectivity index (χ3n) is 6.35. The smallest absolute Gasteiger partial charge is 0.275 e. The van der Waals surface area contributed by atoms with Crippen molar-refractivity contribution in [3.8, 4) is 0 Å². The predicted octanol–water partition coefficient (Wildman–Crippen LogP) is 2.90. The highest BCUT2D eigenvalue weighted by atomic mass is 16.2. The number of amides is 1. The fraction of sp³-hybridized carbons (Fsp3) is 0.600. The van der Waals surface area contributed by atoms with Crippen LogP contribution in [0.5, 0.6) is 0 Å². The summed E-state index contributed by atoms with van der Waals surface area (Å²) >= 11 is 0. The second-order valence-corrected chi connectivity index (χ2v) is 8.38. The molecule has 2 aliphatic heterocycles. The summed E-state index contributed by atoms with van der Waals surface area (Å²) < 4.78 is 0. The van der Waals surface area contributed by atoms with Crippen LogP contribution in [0.1, 0.15) is 42.6 Å². The highest BCUT2D eigenvalue weighted by Gasteiger charge is 2.44. The average molecular weight is 338 g/mol. The molecule has 3 heterocycles. The predicted molar refractivity (Wildman–Crippen MR) is 97.4 cm³/mol. The van der Waals surface area contributed by atoms with Crippen molar-refractivity contribution in [3.05, 3.63) is 30.0 Å². The van der Waals surface area contributed by atoms with E-state index >= 15 is 0 Å². The molecule has 2 aromatic rings. The number of nitrogens with one attached hydrogen (secondary N) is 1. The Hall–Kier alpha value is -1.88. The molecule has 3 aliphatic rings. The fourth-order valence-corrected chi connectivity index (χ4v) is 4.85. The van der Waals surface area contributed by atoms with E-state index in [1.807, 2.05) is 29.2 Å². The molecule has 0 unspecified atom stereocenters. The summed E-state index contributed by atoms with van der Waals surface area (Å²) in [6.45, 7) is 5.47. The van der Waals surface area contributed by atoms with E-state index in [0.29, 0.717) is 11.1 Å². The van der Waals surface area contributed by atoms with E-state index in [-0.39, 0.29) is 5.91 Å². The molecule has 1 aliphatic carbocycles. The molecule has 1 aromatic carbocycles. The third-order valence-corrected chi connectivity index (χ3v) is 6.35. The Balaban J connectivity index is 1.32. The molecule has 5 nitrogen and oxygen atoms in total. The van der Waals surface area contributed by atoms with Gasteiger partial charge in [-0.15, -0.1) is 0 Å². The molecule has 5 rings (SSSR count). The number of aromatic amines is 1. The van der Waals surface area contributed by atoms with E-state index in [1.165, 1.54) is 45.3 Å². The molecular weight excluding hydrogens is 312 g/mol. The van der Waals surface area contributed by atoms with Gasteiger partial charge in [0.15, 0.2) is 5.69 Å². The number of hydrogen-bond donors (Lipinski definition) is 1. The summed E-state index contributed by atoms with van der Waals surface area (Å²) in [5, 5.41) is 8.24. The molecule has 1 aromatic heterocycles. The summed E-state index contributed by atoms with van der Waals surface area (Å²) in [5.41, 5.74) is 1.83. The lowest BCUT2D eigenvalue weighted by molar-refractivity contribution is 0.0678. The number of carbonyl (C=O) groups is 1. The van der Waals surface area contributed by atoms with Crippen molar-refractivity contribution in [3.63, 3.8) is 0 Å². The molecule has 0 bridgehead atoms. The molecule has 1 N–H and O–H groups in total. The number of benzene rings is 1. The van der Waals surface area contributed by atoms with E-state index in [2.05, 4.69) is 15.1 Å². The summed E-state index contributed by atoms with van der Waals surface area (Å²) in [5.74, 6) is 1.04. The van der Waals surface area contributed by atoms with E-state index in [9.17, 15) is 4.79 Å². The third kappa shape index (κ3) is 2.84. The Labute approximate surface area is 148 Å². The summed E-state index contributed by atoms with van der Waals surface area (Å²) in [6.07, 6.45) is 6.52. The van der Waals surface area contributed by atoms with Gasteiger partial charge in [0.05, 0.1) is 5.52 Å². The minimum Gasteiger partial charge on any atom is -0.337 e. The van der Waals surface area contributed by atoms with Crippen molar-refractivity contribution < 1.29 is 4.79 Å². The molecule has 1 atom stereocenters. The SMILES string of the molecule is O=C(c1n[nH]c2ccccc12)N1CC[C@]2(CCCN(CC3CC3)C2)C1. The maximum Gasteiger partial charge on any atom is 0.275 e. The van der Waals surface area contributed by atoms with Crippen molar-refractivity contribution in [1.29, 1.82) is 0 Å². The lowest BCUT2D eigenvalue weighted by Gasteiger charge is -2.40. The van der Waals surface area contributed by atoms with Crippen molar-refractivity contribution in [2.24, 2.45) is 11.3 Å². The molecule has 3 fully saturated rings. The van der Waals surface area contributed by atoms with Gasteiger partial charge < -0.3 is 9.80 Å². The number of piperidine rings is 1. The molecule has 1 amide bonds. The zero-order valence-electron chi connectivity index (χ0n) is 14.7. The summed E-state index contributed by atoms with van der Waals surface area (Å²) in [4.78, 5) is 17.8. The van der Waals surface area contributed by atoms with Gasteiger partial charge in [0.1, 0.15) is 0 Å².